The van der Waals surface area contributed by atoms with Gasteiger partial charge in [-0.3, -0.25) is 9.59 Å². The molecule has 1 unspecified atom stereocenters. The Morgan fingerprint density at radius 2 is 1.27 bits per heavy atom. The first-order valence-electron chi connectivity index (χ1n) is 8.22. The van der Waals surface area contributed by atoms with Gasteiger partial charge >= 0.3 is 11.9 Å². The molecular weight excluding hydrogens is 288 g/mol. The number of hydrogen-bond donors (Lipinski definition) is 3. The van der Waals surface area contributed by atoms with E-state index in [1.165, 1.54) is 0 Å². The summed E-state index contributed by atoms with van der Waals surface area (Å²) in [5.74, 6) is -1.05. The molecule has 0 amide bonds. The fraction of sp³-hybridized carbons (Fsp3) is 0.875. The summed E-state index contributed by atoms with van der Waals surface area (Å²) in [6.07, 6.45) is 8.76. The van der Waals surface area contributed by atoms with Crippen LogP contribution in [-0.2, 0) is 14.3 Å². The van der Waals surface area contributed by atoms with Gasteiger partial charge in [-0.25, -0.2) is 0 Å². The van der Waals surface area contributed by atoms with E-state index in [9.17, 15) is 9.59 Å². The molecule has 0 aromatic carbocycles. The fourth-order valence-corrected chi connectivity index (χ4v) is 2.10. The van der Waals surface area contributed by atoms with Crippen LogP contribution in [0, 0.1) is 0 Å². The van der Waals surface area contributed by atoms with Crippen LogP contribution in [0.5, 0.6) is 0 Å². The number of ether oxygens (including phenoxy) is 1. The molecule has 130 valence electrons. The second-order valence-electron chi connectivity index (χ2n) is 5.60. The van der Waals surface area contributed by atoms with Gasteiger partial charge in [-0.05, 0) is 12.8 Å². The molecule has 0 spiro atoms. The normalized spacial score (nSPS) is 12.1. The topological polar surface area (TPSA) is 104 Å². The summed E-state index contributed by atoms with van der Waals surface area (Å²) >= 11 is 0. The molecule has 0 rings (SSSR count). The summed E-state index contributed by atoms with van der Waals surface area (Å²) in [6.45, 7) is -0.541. The van der Waals surface area contributed by atoms with Crippen molar-refractivity contribution in [2.45, 2.75) is 76.7 Å². The second kappa shape index (κ2) is 14.8. The summed E-state index contributed by atoms with van der Waals surface area (Å²) in [4.78, 5) is 21.6. The minimum absolute atomic E-state index is 0.142. The molecule has 3 N–H and O–H groups in total. The summed E-state index contributed by atoms with van der Waals surface area (Å²) in [7, 11) is 0. The third-order valence-electron chi connectivity index (χ3n) is 3.42. The van der Waals surface area contributed by atoms with E-state index in [0.717, 1.165) is 57.8 Å². The van der Waals surface area contributed by atoms with E-state index in [2.05, 4.69) is 0 Å². The lowest BCUT2D eigenvalue weighted by Crippen LogP contribution is -2.21. The number of carbonyl (C=O) groups excluding carboxylic acids is 1. The maximum atomic E-state index is 11.3. The van der Waals surface area contributed by atoms with Gasteiger partial charge in [0.15, 0.2) is 0 Å². The molecule has 1 atom stereocenters. The van der Waals surface area contributed by atoms with E-state index in [0.29, 0.717) is 6.42 Å². The maximum absolute atomic E-state index is 11.3. The molecule has 0 bridgehead atoms. The first-order chi connectivity index (χ1) is 10.6. The number of unbranched alkanes of at least 4 members (excludes halogenated alkanes) is 8. The molecule has 6 heteroatoms. The van der Waals surface area contributed by atoms with Crippen molar-refractivity contribution in [3.8, 4) is 0 Å². The van der Waals surface area contributed by atoms with E-state index in [1.807, 2.05) is 0 Å². The smallest absolute Gasteiger partial charge is 0.305 e. The highest BCUT2D eigenvalue weighted by Crippen LogP contribution is 2.11. The monoisotopic (exact) mass is 318 g/mol. The number of carbonyl (C=O) groups is 2. The van der Waals surface area contributed by atoms with Crippen molar-refractivity contribution in [1.29, 1.82) is 0 Å². The zero-order valence-electron chi connectivity index (χ0n) is 13.3. The fourth-order valence-electron chi connectivity index (χ4n) is 2.10. The number of rotatable bonds is 15. The molecule has 0 radical (unpaired) electrons. The van der Waals surface area contributed by atoms with Crippen molar-refractivity contribution in [1.82, 2.24) is 0 Å². The van der Waals surface area contributed by atoms with Crippen LogP contribution in [0.3, 0.4) is 0 Å². The van der Waals surface area contributed by atoms with Crippen LogP contribution in [0.1, 0.15) is 70.6 Å². The summed E-state index contributed by atoms with van der Waals surface area (Å²) < 4.78 is 4.80. The van der Waals surface area contributed by atoms with E-state index >= 15 is 0 Å². The zero-order valence-corrected chi connectivity index (χ0v) is 13.3. The highest BCUT2D eigenvalue weighted by molar-refractivity contribution is 5.69. The standard InChI is InChI=1S/C16H30O6/c17-12-14(18)13-22-16(21)11-9-7-5-3-1-2-4-6-8-10-15(19)20/h14,17-18H,1-13H2,(H,19,20). The van der Waals surface area contributed by atoms with Crippen molar-refractivity contribution in [2.75, 3.05) is 13.2 Å². The lowest BCUT2D eigenvalue weighted by Gasteiger charge is -2.08. The Kier molecular flexibility index (Phi) is 14.0. The average Bonchev–Trinajstić information content (AvgIpc) is 2.49. The van der Waals surface area contributed by atoms with Gasteiger partial charge < -0.3 is 20.1 Å². The van der Waals surface area contributed by atoms with Crippen molar-refractivity contribution >= 4 is 11.9 Å². The van der Waals surface area contributed by atoms with Crippen LogP contribution in [0.4, 0.5) is 0 Å². The summed E-state index contributed by atoms with van der Waals surface area (Å²) in [6, 6.07) is 0. The molecule has 0 heterocycles. The number of carboxylic acids is 1. The zero-order chi connectivity index (χ0) is 16.6. The third kappa shape index (κ3) is 15.3. The Labute approximate surface area is 132 Å². The number of hydrogen-bond acceptors (Lipinski definition) is 5. The van der Waals surface area contributed by atoms with Gasteiger partial charge in [0.05, 0.1) is 6.61 Å². The lowest BCUT2D eigenvalue weighted by atomic mass is 10.1. The van der Waals surface area contributed by atoms with Gasteiger partial charge in [0.2, 0.25) is 0 Å². The molecule has 0 saturated carbocycles. The molecule has 0 saturated heterocycles. The number of aliphatic hydroxyl groups is 2. The van der Waals surface area contributed by atoms with Crippen LogP contribution < -0.4 is 0 Å². The van der Waals surface area contributed by atoms with Gasteiger partial charge in [-0.2, -0.15) is 0 Å². The Morgan fingerprint density at radius 1 is 0.818 bits per heavy atom. The molecule has 0 aromatic rings. The highest BCUT2D eigenvalue weighted by atomic mass is 16.5. The minimum Gasteiger partial charge on any atom is -0.481 e. The molecule has 0 aliphatic heterocycles. The number of esters is 1. The molecule has 0 aliphatic carbocycles. The average molecular weight is 318 g/mol. The van der Waals surface area contributed by atoms with Crippen LogP contribution in [0.15, 0.2) is 0 Å². The van der Waals surface area contributed by atoms with Gasteiger partial charge in [0.1, 0.15) is 12.7 Å². The molecule has 0 aromatic heterocycles. The second-order valence-corrected chi connectivity index (χ2v) is 5.60. The Hall–Kier alpha value is -1.14. The van der Waals surface area contributed by atoms with Crippen molar-refractivity contribution in [2.24, 2.45) is 0 Å². The minimum atomic E-state index is -0.987. The third-order valence-corrected chi connectivity index (χ3v) is 3.42. The van der Waals surface area contributed by atoms with Crippen molar-refractivity contribution < 1.29 is 29.6 Å². The van der Waals surface area contributed by atoms with E-state index in [4.69, 9.17) is 20.1 Å². The predicted molar refractivity (Wildman–Crippen MR) is 82.5 cm³/mol. The maximum Gasteiger partial charge on any atom is 0.305 e. The molecular formula is C16H30O6. The van der Waals surface area contributed by atoms with Crippen LogP contribution in [0.25, 0.3) is 0 Å². The van der Waals surface area contributed by atoms with Crippen LogP contribution >= 0.6 is 0 Å². The molecule has 22 heavy (non-hydrogen) atoms. The summed E-state index contributed by atoms with van der Waals surface area (Å²) in [5, 5.41) is 26.1. The SMILES string of the molecule is O=C(O)CCCCCCCCCCCC(=O)OCC(O)CO. The van der Waals surface area contributed by atoms with Crippen LogP contribution in [-0.4, -0.2) is 46.6 Å². The van der Waals surface area contributed by atoms with E-state index < -0.39 is 18.7 Å². The number of aliphatic hydroxyl groups excluding tert-OH is 2. The molecule has 0 fully saturated rings. The largest absolute Gasteiger partial charge is 0.481 e. The van der Waals surface area contributed by atoms with Gasteiger partial charge in [-0.1, -0.05) is 44.9 Å². The van der Waals surface area contributed by atoms with E-state index in [-0.39, 0.29) is 19.0 Å². The van der Waals surface area contributed by atoms with Gasteiger partial charge in [0, 0.05) is 12.8 Å². The highest BCUT2D eigenvalue weighted by Gasteiger charge is 2.07. The van der Waals surface area contributed by atoms with Crippen LogP contribution in [0.2, 0.25) is 0 Å². The number of aliphatic carboxylic acids is 1. The molecule has 6 nitrogen and oxygen atoms in total. The van der Waals surface area contributed by atoms with E-state index in [1.54, 1.807) is 0 Å². The quantitative estimate of drug-likeness (QED) is 0.316. The van der Waals surface area contributed by atoms with Gasteiger partial charge in [-0.15, -0.1) is 0 Å². The molecule has 0 aliphatic rings. The Morgan fingerprint density at radius 3 is 1.73 bits per heavy atom. The van der Waals surface area contributed by atoms with Crippen molar-refractivity contribution in [3.05, 3.63) is 0 Å². The van der Waals surface area contributed by atoms with Crippen molar-refractivity contribution in [3.63, 3.8) is 0 Å². The van der Waals surface area contributed by atoms with Gasteiger partial charge in [0.25, 0.3) is 0 Å². The number of carboxylic acid groups (broad SMARTS) is 1. The summed E-state index contributed by atoms with van der Waals surface area (Å²) in [5.41, 5.74) is 0. The Balaban J connectivity index is 3.19. The first-order valence-corrected chi connectivity index (χ1v) is 8.22. The Bertz CT molecular complexity index is 292. The first kappa shape index (κ1) is 20.9. The predicted octanol–water partition coefficient (Wildman–Crippen LogP) is 2.26. The lowest BCUT2D eigenvalue weighted by molar-refractivity contribution is -0.147.